The molecule has 7 heteroatoms. The van der Waals surface area contributed by atoms with Gasteiger partial charge in [-0.05, 0) is 66.0 Å². The average Bonchev–Trinajstić information content (AvgIpc) is 2.48. The molecular formula is C17H15Br2N3OS. The molecule has 0 bridgehead atoms. The second-order valence-electron chi connectivity index (χ2n) is 5.29. The molecule has 0 aliphatic rings. The van der Waals surface area contributed by atoms with Gasteiger partial charge < -0.3 is 5.32 Å². The van der Waals surface area contributed by atoms with Crippen molar-refractivity contribution in [3.8, 4) is 6.07 Å². The summed E-state index contributed by atoms with van der Waals surface area (Å²) in [7, 11) is 0. The number of aryl methyl sites for hydroxylation is 3. The third kappa shape index (κ3) is 4.59. The normalized spacial score (nSPS) is 10.3. The van der Waals surface area contributed by atoms with E-state index in [2.05, 4.69) is 48.2 Å². The Morgan fingerprint density at radius 1 is 1.25 bits per heavy atom. The van der Waals surface area contributed by atoms with Crippen molar-refractivity contribution in [1.29, 1.82) is 5.26 Å². The Morgan fingerprint density at radius 2 is 1.96 bits per heavy atom. The van der Waals surface area contributed by atoms with Crippen LogP contribution in [-0.4, -0.2) is 16.6 Å². The third-order valence-corrected chi connectivity index (χ3v) is 5.34. The van der Waals surface area contributed by atoms with Crippen molar-refractivity contribution in [3.63, 3.8) is 0 Å². The minimum absolute atomic E-state index is 0.143. The van der Waals surface area contributed by atoms with E-state index in [9.17, 15) is 10.1 Å². The van der Waals surface area contributed by atoms with E-state index in [1.54, 1.807) is 0 Å². The summed E-state index contributed by atoms with van der Waals surface area (Å²) >= 11 is 8.15. The summed E-state index contributed by atoms with van der Waals surface area (Å²) < 4.78 is 1.76. The topological polar surface area (TPSA) is 65.8 Å². The molecule has 0 atom stereocenters. The predicted octanol–water partition coefficient (Wildman–Crippen LogP) is 5.13. The second kappa shape index (κ2) is 8.15. The SMILES string of the molecule is Cc1cc(C)c(C#N)c(SCC(=O)Nc2c(C)cc(Br)cc2Br)n1. The maximum absolute atomic E-state index is 12.3. The molecule has 0 unspecified atom stereocenters. The Labute approximate surface area is 162 Å². The van der Waals surface area contributed by atoms with Crippen molar-refractivity contribution in [2.75, 3.05) is 11.1 Å². The zero-order valence-electron chi connectivity index (χ0n) is 13.4. The van der Waals surface area contributed by atoms with Gasteiger partial charge in [0.2, 0.25) is 5.91 Å². The van der Waals surface area contributed by atoms with E-state index in [4.69, 9.17) is 0 Å². The highest BCUT2D eigenvalue weighted by molar-refractivity contribution is 9.11. The van der Waals surface area contributed by atoms with Crippen LogP contribution in [0, 0.1) is 32.1 Å². The summed E-state index contributed by atoms with van der Waals surface area (Å²) in [6.45, 7) is 5.68. The Hall–Kier alpha value is -1.36. The smallest absolute Gasteiger partial charge is 0.234 e. The number of anilines is 1. The number of amides is 1. The lowest BCUT2D eigenvalue weighted by Crippen LogP contribution is -2.15. The first-order valence-electron chi connectivity index (χ1n) is 7.08. The number of hydrogen-bond donors (Lipinski definition) is 1. The fraction of sp³-hybridized carbons (Fsp3) is 0.235. The maximum Gasteiger partial charge on any atom is 0.234 e. The Balaban J connectivity index is 2.12. The van der Waals surface area contributed by atoms with E-state index in [0.717, 1.165) is 31.5 Å². The van der Waals surface area contributed by atoms with Gasteiger partial charge >= 0.3 is 0 Å². The Bertz CT molecular complexity index is 823. The molecule has 2 rings (SSSR count). The standard InChI is InChI=1S/C17H15Br2N3OS/c1-9-4-11(3)21-17(13(9)7-20)24-8-15(23)22-16-10(2)5-12(18)6-14(16)19/h4-6H,8H2,1-3H3,(H,22,23). The summed E-state index contributed by atoms with van der Waals surface area (Å²) in [4.78, 5) is 16.6. The number of nitriles is 1. The fourth-order valence-electron chi connectivity index (χ4n) is 2.21. The van der Waals surface area contributed by atoms with Crippen LogP contribution in [-0.2, 0) is 4.79 Å². The van der Waals surface area contributed by atoms with Crippen LogP contribution in [0.2, 0.25) is 0 Å². The van der Waals surface area contributed by atoms with E-state index >= 15 is 0 Å². The van der Waals surface area contributed by atoms with Crippen LogP contribution in [0.4, 0.5) is 5.69 Å². The van der Waals surface area contributed by atoms with Gasteiger partial charge in [0.15, 0.2) is 0 Å². The fourth-order valence-corrected chi connectivity index (χ4v) is 4.65. The van der Waals surface area contributed by atoms with Crippen LogP contribution in [0.1, 0.15) is 22.4 Å². The molecule has 0 saturated heterocycles. The quantitative estimate of drug-likeness (QED) is 0.631. The number of hydrogen-bond acceptors (Lipinski definition) is 4. The van der Waals surface area contributed by atoms with E-state index < -0.39 is 0 Å². The van der Waals surface area contributed by atoms with Crippen molar-refractivity contribution >= 4 is 55.2 Å². The first kappa shape index (κ1) is 19.0. The van der Waals surface area contributed by atoms with Crippen molar-refractivity contribution in [2.45, 2.75) is 25.8 Å². The van der Waals surface area contributed by atoms with Gasteiger partial charge in [0.25, 0.3) is 0 Å². The number of rotatable bonds is 4. The minimum Gasteiger partial charge on any atom is -0.324 e. The van der Waals surface area contributed by atoms with Crippen LogP contribution < -0.4 is 5.32 Å². The highest BCUT2D eigenvalue weighted by Gasteiger charge is 2.13. The summed E-state index contributed by atoms with van der Waals surface area (Å²) in [5.41, 5.74) is 3.94. The lowest BCUT2D eigenvalue weighted by Gasteiger charge is -2.12. The van der Waals surface area contributed by atoms with Crippen LogP contribution in [0.3, 0.4) is 0 Å². The van der Waals surface area contributed by atoms with Gasteiger partial charge in [-0.2, -0.15) is 5.26 Å². The molecule has 0 fully saturated rings. The molecule has 1 amide bonds. The largest absolute Gasteiger partial charge is 0.324 e. The van der Waals surface area contributed by atoms with Crippen LogP contribution in [0.5, 0.6) is 0 Å². The molecule has 0 aliphatic heterocycles. The molecule has 0 radical (unpaired) electrons. The summed E-state index contributed by atoms with van der Waals surface area (Å²) in [6, 6.07) is 7.85. The monoisotopic (exact) mass is 467 g/mol. The summed E-state index contributed by atoms with van der Waals surface area (Å²) in [6.07, 6.45) is 0. The number of aromatic nitrogens is 1. The highest BCUT2D eigenvalue weighted by Crippen LogP contribution is 2.31. The van der Waals surface area contributed by atoms with Gasteiger partial charge in [0.1, 0.15) is 11.1 Å². The average molecular weight is 469 g/mol. The van der Waals surface area contributed by atoms with E-state index in [0.29, 0.717) is 10.6 Å². The molecule has 2 aromatic rings. The predicted molar refractivity (Wildman–Crippen MR) is 104 cm³/mol. The lowest BCUT2D eigenvalue weighted by molar-refractivity contribution is -0.113. The zero-order chi connectivity index (χ0) is 17.9. The number of carbonyl (C=O) groups excluding carboxylic acids is 1. The highest BCUT2D eigenvalue weighted by atomic mass is 79.9. The van der Waals surface area contributed by atoms with Gasteiger partial charge in [-0.1, -0.05) is 27.7 Å². The first-order valence-corrected chi connectivity index (χ1v) is 9.65. The molecule has 124 valence electrons. The van der Waals surface area contributed by atoms with Crippen molar-refractivity contribution in [3.05, 3.63) is 49.5 Å². The first-order chi connectivity index (χ1) is 11.3. The number of nitrogens with zero attached hydrogens (tertiary/aromatic N) is 2. The number of pyridine rings is 1. The van der Waals surface area contributed by atoms with Crippen LogP contribution >= 0.6 is 43.6 Å². The number of nitrogens with one attached hydrogen (secondary N) is 1. The minimum atomic E-state index is -0.143. The zero-order valence-corrected chi connectivity index (χ0v) is 17.4. The number of halogens is 2. The van der Waals surface area contributed by atoms with E-state index in [1.165, 1.54) is 11.8 Å². The molecule has 1 aromatic carbocycles. The van der Waals surface area contributed by atoms with Gasteiger partial charge in [0, 0.05) is 14.6 Å². The lowest BCUT2D eigenvalue weighted by atomic mass is 10.1. The maximum atomic E-state index is 12.3. The molecule has 1 N–H and O–H groups in total. The molecule has 4 nitrogen and oxygen atoms in total. The van der Waals surface area contributed by atoms with Gasteiger partial charge in [-0.25, -0.2) is 4.98 Å². The molecule has 1 heterocycles. The molecule has 0 spiro atoms. The van der Waals surface area contributed by atoms with E-state index in [1.807, 2.05) is 39.0 Å². The van der Waals surface area contributed by atoms with Crippen LogP contribution in [0.25, 0.3) is 0 Å². The van der Waals surface area contributed by atoms with Crippen molar-refractivity contribution in [2.24, 2.45) is 0 Å². The third-order valence-electron chi connectivity index (χ3n) is 3.28. The Kier molecular flexibility index (Phi) is 6.44. The molecule has 1 aromatic heterocycles. The summed E-state index contributed by atoms with van der Waals surface area (Å²) in [5.74, 6) is 0.0444. The Morgan fingerprint density at radius 3 is 2.58 bits per heavy atom. The van der Waals surface area contributed by atoms with Crippen molar-refractivity contribution < 1.29 is 4.79 Å². The van der Waals surface area contributed by atoms with Gasteiger partial charge in [-0.15, -0.1) is 0 Å². The van der Waals surface area contributed by atoms with E-state index in [-0.39, 0.29) is 11.7 Å². The van der Waals surface area contributed by atoms with Gasteiger partial charge in [0.05, 0.1) is 17.0 Å². The van der Waals surface area contributed by atoms with Gasteiger partial charge in [-0.3, -0.25) is 4.79 Å². The number of carbonyl (C=O) groups is 1. The number of thioether (sulfide) groups is 1. The molecular weight excluding hydrogens is 454 g/mol. The second-order valence-corrected chi connectivity index (χ2v) is 8.02. The summed E-state index contributed by atoms with van der Waals surface area (Å²) in [5, 5.41) is 12.8. The molecule has 0 saturated carbocycles. The number of benzene rings is 1. The molecule has 24 heavy (non-hydrogen) atoms. The molecule has 0 aliphatic carbocycles. The van der Waals surface area contributed by atoms with Crippen molar-refractivity contribution in [1.82, 2.24) is 4.98 Å². The van der Waals surface area contributed by atoms with Crippen LogP contribution in [0.15, 0.2) is 32.2 Å².